The molecule has 0 bridgehead atoms. The number of benzene rings is 2. The van der Waals surface area contributed by atoms with E-state index in [2.05, 4.69) is 10.3 Å². The molecule has 3 rings (SSSR count). The fourth-order valence-electron chi connectivity index (χ4n) is 2.57. The van der Waals surface area contributed by atoms with Gasteiger partial charge in [0.1, 0.15) is 5.82 Å². The van der Waals surface area contributed by atoms with Crippen LogP contribution in [0.5, 0.6) is 0 Å². The van der Waals surface area contributed by atoms with Gasteiger partial charge < -0.3 is 5.32 Å². The Morgan fingerprint density at radius 3 is 2.25 bits per heavy atom. The van der Waals surface area contributed by atoms with Gasteiger partial charge in [0.15, 0.2) is 0 Å². The zero-order valence-electron chi connectivity index (χ0n) is 13.4. The van der Waals surface area contributed by atoms with E-state index in [4.69, 9.17) is 0 Å². The lowest BCUT2D eigenvalue weighted by molar-refractivity contribution is 0.697. The predicted molar refractivity (Wildman–Crippen MR) is 95.3 cm³/mol. The van der Waals surface area contributed by atoms with Crippen molar-refractivity contribution < 1.29 is 0 Å². The van der Waals surface area contributed by atoms with E-state index in [1.807, 2.05) is 67.6 Å². The van der Waals surface area contributed by atoms with Crippen molar-refractivity contribution in [3.05, 3.63) is 98.7 Å². The minimum atomic E-state index is -0.422. The summed E-state index contributed by atoms with van der Waals surface area (Å²) in [5.41, 5.74) is 1.23. The third-order valence-electron chi connectivity index (χ3n) is 3.88. The van der Waals surface area contributed by atoms with Gasteiger partial charge in [0.05, 0.1) is 6.54 Å². The van der Waals surface area contributed by atoms with E-state index in [1.54, 1.807) is 0 Å². The Morgan fingerprint density at radius 1 is 1.00 bits per heavy atom. The van der Waals surface area contributed by atoms with Gasteiger partial charge in [-0.25, -0.2) is 4.79 Å². The number of aromatic nitrogens is 2. The number of nitrogens with zero attached hydrogens (tertiary/aromatic N) is 1. The minimum Gasteiger partial charge on any atom is -0.365 e. The predicted octanol–water partition coefficient (Wildman–Crippen LogP) is 2.76. The Bertz CT molecular complexity index is 883. The summed E-state index contributed by atoms with van der Waals surface area (Å²) in [6.07, 6.45) is 0. The van der Waals surface area contributed by atoms with Crippen molar-refractivity contribution in [1.29, 1.82) is 0 Å². The molecule has 3 aromatic rings. The van der Waals surface area contributed by atoms with Crippen molar-refractivity contribution in [2.75, 3.05) is 5.32 Å². The van der Waals surface area contributed by atoms with Crippen molar-refractivity contribution in [3.63, 3.8) is 0 Å². The molecule has 0 aliphatic carbocycles. The van der Waals surface area contributed by atoms with E-state index in [9.17, 15) is 9.59 Å². The van der Waals surface area contributed by atoms with Crippen molar-refractivity contribution in [2.45, 2.75) is 19.5 Å². The van der Waals surface area contributed by atoms with Crippen LogP contribution in [-0.4, -0.2) is 9.55 Å². The largest absolute Gasteiger partial charge is 0.365 e. The van der Waals surface area contributed by atoms with Gasteiger partial charge in [-0.15, -0.1) is 0 Å². The SMILES string of the molecule is CC(Nc1cc(=O)n(Cc2ccccc2)c(=O)[nH]1)c1ccccc1. The molecule has 0 saturated heterocycles. The molecule has 1 aromatic heterocycles. The zero-order valence-corrected chi connectivity index (χ0v) is 13.4. The first kappa shape index (κ1) is 15.8. The molecule has 0 spiro atoms. The Morgan fingerprint density at radius 2 is 1.62 bits per heavy atom. The lowest BCUT2D eigenvalue weighted by Crippen LogP contribution is -2.35. The number of nitrogens with one attached hydrogen (secondary N) is 2. The Kier molecular flexibility index (Phi) is 4.61. The topological polar surface area (TPSA) is 66.9 Å². The maximum atomic E-state index is 12.3. The van der Waals surface area contributed by atoms with E-state index in [0.717, 1.165) is 11.1 Å². The molecule has 0 amide bonds. The van der Waals surface area contributed by atoms with Crippen molar-refractivity contribution in [3.8, 4) is 0 Å². The number of hydrogen-bond acceptors (Lipinski definition) is 3. The monoisotopic (exact) mass is 321 g/mol. The summed E-state index contributed by atoms with van der Waals surface area (Å²) in [6, 6.07) is 20.7. The molecular formula is C19H19N3O2. The van der Waals surface area contributed by atoms with Crippen LogP contribution in [0, 0.1) is 0 Å². The third-order valence-corrected chi connectivity index (χ3v) is 3.88. The molecule has 5 heteroatoms. The van der Waals surface area contributed by atoms with Crippen molar-refractivity contribution >= 4 is 5.82 Å². The molecule has 0 fully saturated rings. The molecular weight excluding hydrogens is 302 g/mol. The quantitative estimate of drug-likeness (QED) is 0.759. The fraction of sp³-hybridized carbons (Fsp3) is 0.158. The van der Waals surface area contributed by atoms with Gasteiger partial charge >= 0.3 is 5.69 Å². The lowest BCUT2D eigenvalue weighted by atomic mass is 10.1. The van der Waals surface area contributed by atoms with E-state index >= 15 is 0 Å². The highest BCUT2D eigenvalue weighted by atomic mass is 16.2. The van der Waals surface area contributed by atoms with Crippen LogP contribution in [0.2, 0.25) is 0 Å². The average Bonchev–Trinajstić information content (AvgIpc) is 2.60. The highest BCUT2D eigenvalue weighted by Crippen LogP contribution is 2.15. The first-order chi connectivity index (χ1) is 11.6. The lowest BCUT2D eigenvalue weighted by Gasteiger charge is -2.15. The van der Waals surface area contributed by atoms with Gasteiger partial charge in [-0.05, 0) is 18.1 Å². The first-order valence-electron chi connectivity index (χ1n) is 7.83. The van der Waals surface area contributed by atoms with Crippen LogP contribution in [0.3, 0.4) is 0 Å². The Hall–Kier alpha value is -3.08. The minimum absolute atomic E-state index is 0.0220. The Labute approximate surface area is 139 Å². The second-order valence-electron chi connectivity index (χ2n) is 5.67. The van der Waals surface area contributed by atoms with Gasteiger partial charge in [-0.3, -0.25) is 14.3 Å². The van der Waals surface area contributed by atoms with E-state index < -0.39 is 5.69 Å². The summed E-state index contributed by atoms with van der Waals surface area (Å²) >= 11 is 0. The average molecular weight is 321 g/mol. The van der Waals surface area contributed by atoms with Gasteiger partial charge in [-0.1, -0.05) is 60.7 Å². The van der Waals surface area contributed by atoms with Crippen molar-refractivity contribution in [1.82, 2.24) is 9.55 Å². The molecule has 1 atom stereocenters. The van der Waals surface area contributed by atoms with Gasteiger partial charge in [0.2, 0.25) is 0 Å². The van der Waals surface area contributed by atoms with Gasteiger partial charge in [0.25, 0.3) is 5.56 Å². The number of aromatic amines is 1. The standard InChI is InChI=1S/C19H19N3O2/c1-14(16-10-6-3-7-11-16)20-17-12-18(23)22(19(24)21-17)13-15-8-4-2-5-9-15/h2-12,14,20H,13H2,1H3,(H,21,24). The van der Waals surface area contributed by atoms with E-state index in [-0.39, 0.29) is 18.1 Å². The molecule has 122 valence electrons. The molecule has 0 aliphatic rings. The summed E-state index contributed by atoms with van der Waals surface area (Å²) in [5.74, 6) is 0.422. The van der Waals surface area contributed by atoms with Crippen LogP contribution in [0.4, 0.5) is 5.82 Å². The van der Waals surface area contributed by atoms with Crippen LogP contribution in [-0.2, 0) is 6.54 Å². The third kappa shape index (κ3) is 3.63. The molecule has 1 heterocycles. The molecule has 1 unspecified atom stereocenters. The number of hydrogen-bond donors (Lipinski definition) is 2. The van der Waals surface area contributed by atoms with Crippen molar-refractivity contribution in [2.24, 2.45) is 0 Å². The van der Waals surface area contributed by atoms with E-state index in [1.165, 1.54) is 10.6 Å². The summed E-state index contributed by atoms with van der Waals surface area (Å²) in [7, 11) is 0. The van der Waals surface area contributed by atoms with Crippen LogP contribution >= 0.6 is 0 Å². The van der Waals surface area contributed by atoms with Crippen LogP contribution in [0.15, 0.2) is 76.3 Å². The first-order valence-corrected chi connectivity index (χ1v) is 7.83. The maximum absolute atomic E-state index is 12.3. The molecule has 24 heavy (non-hydrogen) atoms. The summed E-state index contributed by atoms with van der Waals surface area (Å²) in [5, 5.41) is 3.16. The smallest absolute Gasteiger partial charge is 0.330 e. The highest BCUT2D eigenvalue weighted by Gasteiger charge is 2.09. The number of H-pyrrole nitrogens is 1. The van der Waals surface area contributed by atoms with Crippen LogP contribution in [0.1, 0.15) is 24.1 Å². The summed E-state index contributed by atoms with van der Waals surface area (Å²) < 4.78 is 1.19. The molecule has 0 saturated carbocycles. The van der Waals surface area contributed by atoms with Gasteiger partial charge in [0, 0.05) is 12.1 Å². The molecule has 2 N–H and O–H groups in total. The molecule has 5 nitrogen and oxygen atoms in total. The maximum Gasteiger partial charge on any atom is 0.330 e. The number of anilines is 1. The molecule has 2 aromatic carbocycles. The molecule has 0 aliphatic heterocycles. The van der Waals surface area contributed by atoms with E-state index in [0.29, 0.717) is 5.82 Å². The second kappa shape index (κ2) is 7.00. The zero-order chi connectivity index (χ0) is 16.9. The second-order valence-corrected chi connectivity index (χ2v) is 5.67. The van der Waals surface area contributed by atoms with Gasteiger partial charge in [-0.2, -0.15) is 0 Å². The highest BCUT2D eigenvalue weighted by molar-refractivity contribution is 5.36. The van der Waals surface area contributed by atoms with Crippen LogP contribution in [0.25, 0.3) is 0 Å². The molecule has 0 radical (unpaired) electrons. The Balaban J connectivity index is 1.82. The van der Waals surface area contributed by atoms with Crippen LogP contribution < -0.4 is 16.6 Å². The fourth-order valence-corrected chi connectivity index (χ4v) is 2.57. The normalized spacial score (nSPS) is 11.9. The summed E-state index contributed by atoms with van der Waals surface area (Å²) in [6.45, 7) is 2.23. The number of rotatable bonds is 5. The summed E-state index contributed by atoms with van der Waals surface area (Å²) in [4.78, 5) is 27.3.